The third-order valence-electron chi connectivity index (χ3n) is 2.93. The molecule has 0 aliphatic heterocycles. The van der Waals surface area contributed by atoms with Gasteiger partial charge in [0.2, 0.25) is 0 Å². The topological polar surface area (TPSA) is 79.8 Å². The molecule has 2 N–H and O–H groups in total. The Morgan fingerprint density at radius 1 is 1.00 bits per heavy atom. The number of hydrogen-bond donors (Lipinski definition) is 2. The van der Waals surface area contributed by atoms with Gasteiger partial charge in [0, 0.05) is 22.6 Å². The lowest BCUT2D eigenvalue weighted by atomic mass is 10.3. The Bertz CT molecular complexity index is 808. The summed E-state index contributed by atoms with van der Waals surface area (Å²) >= 11 is 3.41. The van der Waals surface area contributed by atoms with Crippen LogP contribution in [-0.2, 0) is 0 Å². The predicted molar refractivity (Wildman–Crippen MR) is 91.6 cm³/mol. The monoisotopic (exact) mass is 369 g/mol. The second-order valence-corrected chi connectivity index (χ2v) is 5.55. The number of aromatic nitrogens is 3. The van der Waals surface area contributed by atoms with Gasteiger partial charge in [-0.25, -0.2) is 0 Å². The average molecular weight is 370 g/mol. The maximum Gasteiger partial charge on any atom is 0.258 e. The van der Waals surface area contributed by atoms with Gasteiger partial charge in [-0.15, -0.1) is 10.2 Å². The van der Waals surface area contributed by atoms with E-state index in [-0.39, 0.29) is 5.91 Å². The lowest BCUT2D eigenvalue weighted by Crippen LogP contribution is -2.13. The Morgan fingerprint density at radius 3 is 2.52 bits per heavy atom. The molecule has 0 aliphatic rings. The molecular formula is C16H12BrN5O. The summed E-state index contributed by atoms with van der Waals surface area (Å²) in [4.78, 5) is 15.9. The lowest BCUT2D eigenvalue weighted by Gasteiger charge is -2.07. The highest BCUT2D eigenvalue weighted by Gasteiger charge is 2.07. The molecule has 0 saturated carbocycles. The van der Waals surface area contributed by atoms with Gasteiger partial charge in [-0.05, 0) is 42.5 Å². The Morgan fingerprint density at radius 2 is 1.83 bits per heavy atom. The van der Waals surface area contributed by atoms with Gasteiger partial charge in [0.1, 0.15) is 0 Å². The summed E-state index contributed by atoms with van der Waals surface area (Å²) in [7, 11) is 0. The third-order valence-corrected chi connectivity index (χ3v) is 3.42. The molecule has 6 nitrogen and oxygen atoms in total. The van der Waals surface area contributed by atoms with E-state index in [9.17, 15) is 4.79 Å². The standard InChI is InChI=1S/C16H12BrN5O/c17-12-4-1-5-13(9-12)19-14-6-7-15(22-21-14)20-16(23)11-3-2-8-18-10-11/h1-10H,(H,19,21)(H,20,22,23). The van der Waals surface area contributed by atoms with Crippen LogP contribution in [0.3, 0.4) is 0 Å². The van der Waals surface area contributed by atoms with Gasteiger partial charge in [0.05, 0.1) is 5.56 Å². The number of halogens is 1. The highest BCUT2D eigenvalue weighted by molar-refractivity contribution is 9.10. The van der Waals surface area contributed by atoms with E-state index in [1.165, 1.54) is 6.20 Å². The number of pyridine rings is 1. The number of nitrogens with one attached hydrogen (secondary N) is 2. The fourth-order valence-corrected chi connectivity index (χ4v) is 2.26. The van der Waals surface area contributed by atoms with E-state index in [0.29, 0.717) is 17.2 Å². The van der Waals surface area contributed by atoms with Crippen molar-refractivity contribution < 1.29 is 4.79 Å². The van der Waals surface area contributed by atoms with Gasteiger partial charge in [0.25, 0.3) is 5.91 Å². The molecule has 0 saturated heterocycles. The van der Waals surface area contributed by atoms with E-state index < -0.39 is 0 Å². The number of anilines is 3. The van der Waals surface area contributed by atoms with Gasteiger partial charge >= 0.3 is 0 Å². The average Bonchev–Trinajstić information content (AvgIpc) is 2.57. The highest BCUT2D eigenvalue weighted by Crippen LogP contribution is 2.19. The van der Waals surface area contributed by atoms with Crippen molar-refractivity contribution in [1.82, 2.24) is 15.2 Å². The fraction of sp³-hybridized carbons (Fsp3) is 0. The van der Waals surface area contributed by atoms with Crippen LogP contribution in [-0.4, -0.2) is 21.1 Å². The Kier molecular flexibility index (Phi) is 4.58. The summed E-state index contributed by atoms with van der Waals surface area (Å²) in [6.07, 6.45) is 3.10. The molecule has 1 amide bonds. The molecule has 0 spiro atoms. The molecule has 2 heterocycles. The molecule has 0 fully saturated rings. The quantitative estimate of drug-likeness (QED) is 0.733. The van der Waals surface area contributed by atoms with Gasteiger partial charge < -0.3 is 10.6 Å². The molecule has 3 rings (SSSR count). The fourth-order valence-electron chi connectivity index (χ4n) is 1.87. The number of amides is 1. The van der Waals surface area contributed by atoms with Crippen LogP contribution >= 0.6 is 15.9 Å². The zero-order valence-electron chi connectivity index (χ0n) is 11.9. The minimum Gasteiger partial charge on any atom is -0.339 e. The molecule has 0 atom stereocenters. The number of rotatable bonds is 4. The molecule has 3 aromatic rings. The summed E-state index contributed by atoms with van der Waals surface area (Å²) in [6, 6.07) is 14.5. The summed E-state index contributed by atoms with van der Waals surface area (Å²) in [5, 5.41) is 13.8. The van der Waals surface area contributed by atoms with E-state index in [2.05, 4.69) is 41.7 Å². The highest BCUT2D eigenvalue weighted by atomic mass is 79.9. The summed E-state index contributed by atoms with van der Waals surface area (Å²) in [5.41, 5.74) is 1.35. The first-order valence-electron chi connectivity index (χ1n) is 6.78. The van der Waals surface area contributed by atoms with E-state index in [4.69, 9.17) is 0 Å². The molecule has 23 heavy (non-hydrogen) atoms. The largest absolute Gasteiger partial charge is 0.339 e. The van der Waals surface area contributed by atoms with Crippen LogP contribution in [0, 0.1) is 0 Å². The molecule has 0 radical (unpaired) electrons. The normalized spacial score (nSPS) is 10.1. The minimum atomic E-state index is -0.278. The van der Waals surface area contributed by atoms with Crippen LogP contribution in [0.5, 0.6) is 0 Å². The first-order chi connectivity index (χ1) is 11.2. The predicted octanol–water partition coefficient (Wildman–Crippen LogP) is 3.63. The minimum absolute atomic E-state index is 0.278. The van der Waals surface area contributed by atoms with Crippen molar-refractivity contribution in [3.63, 3.8) is 0 Å². The molecule has 114 valence electrons. The van der Waals surface area contributed by atoms with Crippen LogP contribution in [0.1, 0.15) is 10.4 Å². The lowest BCUT2D eigenvalue weighted by molar-refractivity contribution is 0.102. The number of carbonyl (C=O) groups excluding carboxylic acids is 1. The third kappa shape index (κ3) is 4.10. The molecule has 7 heteroatoms. The molecular weight excluding hydrogens is 358 g/mol. The maximum atomic E-state index is 12.0. The number of hydrogen-bond acceptors (Lipinski definition) is 5. The Labute approximate surface area is 141 Å². The van der Waals surface area contributed by atoms with Gasteiger partial charge in [-0.1, -0.05) is 22.0 Å². The zero-order valence-corrected chi connectivity index (χ0v) is 13.5. The van der Waals surface area contributed by atoms with Crippen LogP contribution < -0.4 is 10.6 Å². The van der Waals surface area contributed by atoms with Crippen LogP contribution in [0.4, 0.5) is 17.3 Å². The van der Waals surface area contributed by atoms with E-state index in [1.54, 1.807) is 30.5 Å². The maximum absolute atomic E-state index is 12.0. The first kappa shape index (κ1) is 15.1. The van der Waals surface area contributed by atoms with Crippen molar-refractivity contribution in [3.05, 3.63) is 71.0 Å². The van der Waals surface area contributed by atoms with Crippen LogP contribution in [0.2, 0.25) is 0 Å². The SMILES string of the molecule is O=C(Nc1ccc(Nc2cccc(Br)c2)nn1)c1cccnc1. The molecule has 0 bridgehead atoms. The second kappa shape index (κ2) is 6.97. The molecule has 2 aromatic heterocycles. The van der Waals surface area contributed by atoms with E-state index >= 15 is 0 Å². The van der Waals surface area contributed by atoms with Gasteiger partial charge in [-0.3, -0.25) is 9.78 Å². The van der Waals surface area contributed by atoms with Crippen molar-refractivity contribution in [1.29, 1.82) is 0 Å². The van der Waals surface area contributed by atoms with Crippen molar-refractivity contribution in [2.24, 2.45) is 0 Å². The van der Waals surface area contributed by atoms with Gasteiger partial charge in [-0.2, -0.15) is 0 Å². The van der Waals surface area contributed by atoms with Gasteiger partial charge in [0.15, 0.2) is 11.6 Å². The van der Waals surface area contributed by atoms with Crippen molar-refractivity contribution >= 4 is 39.2 Å². The van der Waals surface area contributed by atoms with E-state index in [1.807, 2.05) is 24.3 Å². The molecule has 0 aliphatic carbocycles. The molecule has 0 unspecified atom stereocenters. The van der Waals surface area contributed by atoms with Crippen molar-refractivity contribution in [3.8, 4) is 0 Å². The van der Waals surface area contributed by atoms with Crippen molar-refractivity contribution in [2.75, 3.05) is 10.6 Å². The zero-order chi connectivity index (χ0) is 16.1. The number of benzene rings is 1. The number of carbonyl (C=O) groups is 1. The number of nitrogens with zero attached hydrogens (tertiary/aromatic N) is 3. The summed E-state index contributed by atoms with van der Waals surface area (Å²) < 4.78 is 0.968. The summed E-state index contributed by atoms with van der Waals surface area (Å²) in [5.74, 6) is 0.682. The Hall–Kier alpha value is -2.80. The summed E-state index contributed by atoms with van der Waals surface area (Å²) in [6.45, 7) is 0. The molecule has 1 aromatic carbocycles. The van der Waals surface area contributed by atoms with Crippen LogP contribution in [0.15, 0.2) is 65.4 Å². The second-order valence-electron chi connectivity index (χ2n) is 4.63. The Balaban J connectivity index is 1.66. The smallest absolute Gasteiger partial charge is 0.258 e. The van der Waals surface area contributed by atoms with E-state index in [0.717, 1.165) is 10.2 Å². The van der Waals surface area contributed by atoms with Crippen molar-refractivity contribution in [2.45, 2.75) is 0 Å². The van der Waals surface area contributed by atoms with Crippen LogP contribution in [0.25, 0.3) is 0 Å². The first-order valence-corrected chi connectivity index (χ1v) is 7.58.